The largest absolute Gasteiger partial charge is 0.507 e. The number of rotatable bonds is 3. The molecule has 1 N–H and O–H groups in total. The number of benzene rings is 3. The highest BCUT2D eigenvalue weighted by atomic mass is 79.9. The van der Waals surface area contributed by atoms with Crippen LogP contribution in [-0.2, 0) is 6.42 Å². The highest BCUT2D eigenvalue weighted by molar-refractivity contribution is 9.10. The maximum absolute atomic E-state index is 10.4. The SMILES string of the molecule is CN(c1ccccc1)c1nc(-c2cc(Br)ccc2O)nc2c1Cc1ccccc1O2. The molecule has 0 unspecified atom stereocenters. The van der Waals surface area contributed by atoms with Crippen molar-refractivity contribution in [2.75, 3.05) is 11.9 Å². The Morgan fingerprint density at radius 3 is 2.57 bits per heavy atom. The fraction of sp³-hybridized carbons (Fsp3) is 0.0833. The summed E-state index contributed by atoms with van der Waals surface area (Å²) in [6.07, 6.45) is 0.669. The fourth-order valence-electron chi connectivity index (χ4n) is 3.59. The van der Waals surface area contributed by atoms with Gasteiger partial charge < -0.3 is 14.7 Å². The third kappa shape index (κ3) is 3.29. The van der Waals surface area contributed by atoms with Crippen molar-refractivity contribution in [3.8, 4) is 28.8 Å². The predicted octanol–water partition coefficient (Wildman–Crippen LogP) is 6.08. The maximum Gasteiger partial charge on any atom is 0.228 e. The highest BCUT2D eigenvalue weighted by Gasteiger charge is 2.26. The summed E-state index contributed by atoms with van der Waals surface area (Å²) in [6, 6.07) is 23.2. The Hall–Kier alpha value is -3.38. The molecular weight excluding hydrogens is 442 g/mol. The van der Waals surface area contributed by atoms with Crippen LogP contribution in [0.1, 0.15) is 11.1 Å². The van der Waals surface area contributed by atoms with Gasteiger partial charge in [-0.1, -0.05) is 52.3 Å². The Morgan fingerprint density at radius 1 is 0.967 bits per heavy atom. The van der Waals surface area contributed by atoms with Crippen LogP contribution in [0.2, 0.25) is 0 Å². The molecule has 148 valence electrons. The van der Waals surface area contributed by atoms with Crippen LogP contribution in [0, 0.1) is 0 Å². The van der Waals surface area contributed by atoms with Crippen molar-refractivity contribution in [1.29, 1.82) is 0 Å². The third-order valence-corrected chi connectivity index (χ3v) is 5.65. The Kier molecular flexibility index (Phi) is 4.64. The number of aromatic nitrogens is 2. The van der Waals surface area contributed by atoms with Gasteiger partial charge in [-0.05, 0) is 42.0 Å². The molecule has 0 spiro atoms. The zero-order valence-electron chi connectivity index (χ0n) is 16.2. The molecule has 0 saturated heterocycles. The molecule has 0 saturated carbocycles. The van der Waals surface area contributed by atoms with Gasteiger partial charge in [0.25, 0.3) is 0 Å². The summed E-state index contributed by atoms with van der Waals surface area (Å²) in [5.74, 6) is 2.57. The number of aromatic hydroxyl groups is 1. The van der Waals surface area contributed by atoms with E-state index in [0.29, 0.717) is 23.7 Å². The van der Waals surface area contributed by atoms with E-state index in [0.717, 1.165) is 32.9 Å². The molecule has 0 radical (unpaired) electrons. The van der Waals surface area contributed by atoms with E-state index < -0.39 is 0 Å². The Morgan fingerprint density at radius 2 is 1.73 bits per heavy atom. The summed E-state index contributed by atoms with van der Waals surface area (Å²) in [5, 5.41) is 10.4. The van der Waals surface area contributed by atoms with Gasteiger partial charge in [-0.3, -0.25) is 0 Å². The summed E-state index contributed by atoms with van der Waals surface area (Å²) < 4.78 is 7.00. The molecule has 0 bridgehead atoms. The normalized spacial score (nSPS) is 11.9. The third-order valence-electron chi connectivity index (χ3n) is 5.15. The number of phenolic OH excluding ortho intramolecular Hbond substituents is 1. The quantitative estimate of drug-likeness (QED) is 0.354. The number of nitrogens with zero attached hydrogens (tertiary/aromatic N) is 3. The number of anilines is 2. The van der Waals surface area contributed by atoms with Crippen LogP contribution < -0.4 is 9.64 Å². The second-order valence-electron chi connectivity index (χ2n) is 7.10. The van der Waals surface area contributed by atoms with Gasteiger partial charge in [0.05, 0.1) is 11.1 Å². The van der Waals surface area contributed by atoms with Gasteiger partial charge in [0.2, 0.25) is 5.88 Å². The zero-order valence-corrected chi connectivity index (χ0v) is 17.8. The molecule has 0 atom stereocenters. The van der Waals surface area contributed by atoms with E-state index >= 15 is 0 Å². The Labute approximate surface area is 182 Å². The molecule has 0 amide bonds. The first-order valence-electron chi connectivity index (χ1n) is 9.54. The highest BCUT2D eigenvalue weighted by Crippen LogP contribution is 2.42. The van der Waals surface area contributed by atoms with E-state index in [1.54, 1.807) is 18.2 Å². The van der Waals surface area contributed by atoms with Gasteiger partial charge in [-0.25, -0.2) is 4.98 Å². The average Bonchev–Trinajstić information content (AvgIpc) is 2.78. The lowest BCUT2D eigenvalue weighted by molar-refractivity contribution is 0.439. The number of hydrogen-bond acceptors (Lipinski definition) is 5. The van der Waals surface area contributed by atoms with Crippen molar-refractivity contribution < 1.29 is 9.84 Å². The van der Waals surface area contributed by atoms with E-state index in [1.807, 2.05) is 60.5 Å². The molecule has 1 aliphatic rings. The number of phenols is 1. The molecular formula is C24H18BrN3O2. The smallest absolute Gasteiger partial charge is 0.228 e. The van der Waals surface area contributed by atoms with Crippen molar-refractivity contribution in [3.05, 3.63) is 88.4 Å². The molecule has 30 heavy (non-hydrogen) atoms. The molecule has 2 heterocycles. The van der Waals surface area contributed by atoms with E-state index in [4.69, 9.17) is 9.72 Å². The lowest BCUT2D eigenvalue weighted by atomic mass is 10.0. The van der Waals surface area contributed by atoms with Gasteiger partial charge in [0.1, 0.15) is 17.3 Å². The standard InChI is InChI=1S/C24H18BrN3O2/c1-28(17-8-3-2-4-9-17)23-19-13-15-7-5-6-10-21(15)30-24(19)27-22(26-23)18-14-16(25)11-12-20(18)29/h2-12,14,29H,13H2,1H3. The van der Waals surface area contributed by atoms with Gasteiger partial charge in [0.15, 0.2) is 5.82 Å². The van der Waals surface area contributed by atoms with Gasteiger partial charge >= 0.3 is 0 Å². The first kappa shape index (κ1) is 18.6. The van der Waals surface area contributed by atoms with Crippen LogP contribution >= 0.6 is 15.9 Å². The minimum atomic E-state index is 0.114. The first-order chi connectivity index (χ1) is 14.6. The fourth-order valence-corrected chi connectivity index (χ4v) is 3.96. The number of para-hydroxylation sites is 2. The molecule has 1 aromatic heterocycles. The van der Waals surface area contributed by atoms with E-state index in [1.165, 1.54) is 0 Å². The van der Waals surface area contributed by atoms with Crippen LogP contribution in [0.15, 0.2) is 77.3 Å². The molecule has 0 fully saturated rings. The lowest BCUT2D eigenvalue weighted by Gasteiger charge is -2.26. The van der Waals surface area contributed by atoms with Crippen LogP contribution in [0.25, 0.3) is 11.4 Å². The molecule has 0 aliphatic carbocycles. The monoisotopic (exact) mass is 459 g/mol. The molecule has 6 heteroatoms. The van der Waals surface area contributed by atoms with E-state index in [9.17, 15) is 5.11 Å². The van der Waals surface area contributed by atoms with Crippen LogP contribution in [0.4, 0.5) is 11.5 Å². The summed E-state index contributed by atoms with van der Waals surface area (Å²) in [4.78, 5) is 11.6. The minimum Gasteiger partial charge on any atom is -0.507 e. The van der Waals surface area contributed by atoms with Crippen molar-refractivity contribution >= 4 is 27.4 Å². The average molecular weight is 460 g/mol. The second-order valence-corrected chi connectivity index (χ2v) is 8.01. The first-order valence-corrected chi connectivity index (χ1v) is 10.3. The lowest BCUT2D eigenvalue weighted by Crippen LogP contribution is -2.17. The number of halogens is 1. The van der Waals surface area contributed by atoms with Crippen molar-refractivity contribution in [2.24, 2.45) is 0 Å². The van der Waals surface area contributed by atoms with Crippen molar-refractivity contribution in [2.45, 2.75) is 6.42 Å². The predicted molar refractivity (Wildman–Crippen MR) is 121 cm³/mol. The van der Waals surface area contributed by atoms with Crippen molar-refractivity contribution in [1.82, 2.24) is 9.97 Å². The van der Waals surface area contributed by atoms with Gasteiger partial charge in [0, 0.05) is 23.6 Å². The summed E-state index contributed by atoms with van der Waals surface area (Å²) >= 11 is 3.47. The summed E-state index contributed by atoms with van der Waals surface area (Å²) in [5.41, 5.74) is 3.55. The van der Waals surface area contributed by atoms with Gasteiger partial charge in [-0.2, -0.15) is 4.98 Å². The molecule has 5 nitrogen and oxygen atoms in total. The van der Waals surface area contributed by atoms with Crippen LogP contribution in [-0.4, -0.2) is 22.1 Å². The number of hydrogen-bond donors (Lipinski definition) is 1. The van der Waals surface area contributed by atoms with E-state index in [-0.39, 0.29) is 5.75 Å². The zero-order chi connectivity index (χ0) is 20.7. The molecule has 4 aromatic rings. The number of fused-ring (bicyclic) bond motifs is 2. The topological polar surface area (TPSA) is 58.5 Å². The maximum atomic E-state index is 10.4. The Bertz CT molecular complexity index is 1240. The van der Waals surface area contributed by atoms with Crippen LogP contribution in [0.3, 0.4) is 0 Å². The van der Waals surface area contributed by atoms with Crippen molar-refractivity contribution in [3.63, 3.8) is 0 Å². The van der Waals surface area contributed by atoms with Crippen LogP contribution in [0.5, 0.6) is 17.4 Å². The minimum absolute atomic E-state index is 0.114. The number of ether oxygens (including phenoxy) is 1. The summed E-state index contributed by atoms with van der Waals surface area (Å²) in [7, 11) is 1.98. The van der Waals surface area contributed by atoms with E-state index in [2.05, 4.69) is 27.0 Å². The molecule has 5 rings (SSSR count). The van der Waals surface area contributed by atoms with Gasteiger partial charge in [-0.15, -0.1) is 0 Å². The summed E-state index contributed by atoms with van der Waals surface area (Å²) in [6.45, 7) is 0. The molecule has 3 aromatic carbocycles. The Balaban J connectivity index is 1.71. The second kappa shape index (κ2) is 7.46. The molecule has 1 aliphatic heterocycles.